The second-order valence-corrected chi connectivity index (χ2v) is 4.79. The van der Waals surface area contributed by atoms with Crippen LogP contribution in [0.2, 0.25) is 0 Å². The van der Waals surface area contributed by atoms with Crippen LogP contribution in [-0.4, -0.2) is 38.8 Å². The van der Waals surface area contributed by atoms with Crippen LogP contribution in [0.1, 0.15) is 6.92 Å². The van der Waals surface area contributed by atoms with Crippen LogP contribution >= 0.6 is 0 Å². The number of amides is 1. The summed E-state index contributed by atoms with van der Waals surface area (Å²) in [6.45, 7) is 3.74. The van der Waals surface area contributed by atoms with Crippen molar-refractivity contribution in [3.63, 3.8) is 0 Å². The normalized spacial score (nSPS) is 18.7. The first-order valence-corrected chi connectivity index (χ1v) is 6.47. The molecular formula is C14H20N2O3. The van der Waals surface area contributed by atoms with E-state index in [9.17, 15) is 4.79 Å². The van der Waals surface area contributed by atoms with E-state index in [0.717, 1.165) is 11.4 Å². The zero-order valence-corrected chi connectivity index (χ0v) is 11.3. The third-order valence-corrected chi connectivity index (χ3v) is 3.00. The Morgan fingerprint density at radius 3 is 3.16 bits per heavy atom. The second kappa shape index (κ2) is 6.43. The maximum atomic E-state index is 12.0. The minimum absolute atomic E-state index is 0.0926. The molecule has 1 aromatic carbocycles. The van der Waals surface area contributed by atoms with Crippen LogP contribution in [0.4, 0.5) is 5.69 Å². The lowest BCUT2D eigenvalue weighted by Crippen LogP contribution is -2.46. The molecule has 0 aliphatic carbocycles. The fourth-order valence-electron chi connectivity index (χ4n) is 1.99. The highest BCUT2D eigenvalue weighted by atomic mass is 16.5. The van der Waals surface area contributed by atoms with Gasteiger partial charge in [0.2, 0.25) is 0 Å². The molecule has 2 unspecified atom stereocenters. The summed E-state index contributed by atoms with van der Waals surface area (Å²) < 4.78 is 10.7. The number of fused-ring (bicyclic) bond motifs is 1. The van der Waals surface area contributed by atoms with Crippen molar-refractivity contribution in [1.82, 2.24) is 5.32 Å². The molecule has 5 nitrogen and oxygen atoms in total. The van der Waals surface area contributed by atoms with Crippen LogP contribution in [0.15, 0.2) is 24.3 Å². The lowest BCUT2D eigenvalue weighted by molar-refractivity contribution is -0.127. The molecule has 1 aromatic rings. The number of hydrogen-bond acceptors (Lipinski definition) is 4. The van der Waals surface area contributed by atoms with E-state index in [2.05, 4.69) is 10.6 Å². The number of carbonyl (C=O) groups is 1. The molecule has 0 aromatic heterocycles. The van der Waals surface area contributed by atoms with E-state index in [1.807, 2.05) is 31.2 Å². The van der Waals surface area contributed by atoms with Gasteiger partial charge in [-0.3, -0.25) is 4.79 Å². The van der Waals surface area contributed by atoms with Crippen LogP contribution in [0.5, 0.6) is 5.75 Å². The number of methoxy groups -OCH3 is 1. The molecule has 5 heteroatoms. The number of hydrogen-bond donors (Lipinski definition) is 2. The van der Waals surface area contributed by atoms with Gasteiger partial charge < -0.3 is 20.1 Å². The van der Waals surface area contributed by atoms with Gasteiger partial charge in [0.15, 0.2) is 6.10 Å². The Balaban J connectivity index is 1.85. The van der Waals surface area contributed by atoms with Crippen molar-refractivity contribution in [3.05, 3.63) is 24.3 Å². The van der Waals surface area contributed by atoms with E-state index in [1.165, 1.54) is 0 Å². The summed E-state index contributed by atoms with van der Waals surface area (Å²) in [7, 11) is 1.66. The molecule has 2 atom stereocenters. The molecule has 0 fully saturated rings. The summed E-state index contributed by atoms with van der Waals surface area (Å²) in [6.07, 6.45) is -0.482. The predicted octanol–water partition coefficient (Wildman–Crippen LogP) is 1.26. The Labute approximate surface area is 113 Å². The van der Waals surface area contributed by atoms with Crippen molar-refractivity contribution in [3.8, 4) is 5.75 Å². The van der Waals surface area contributed by atoms with E-state index in [0.29, 0.717) is 19.7 Å². The third kappa shape index (κ3) is 3.61. The summed E-state index contributed by atoms with van der Waals surface area (Å²) in [5.74, 6) is 0.918. The highest BCUT2D eigenvalue weighted by molar-refractivity contribution is 5.83. The molecule has 1 amide bonds. The Morgan fingerprint density at radius 1 is 1.58 bits per heavy atom. The maximum absolute atomic E-state index is 12.0. The maximum Gasteiger partial charge on any atom is 0.262 e. The van der Waals surface area contributed by atoms with Crippen LogP contribution in [-0.2, 0) is 9.53 Å². The smallest absolute Gasteiger partial charge is 0.262 e. The molecule has 0 bridgehead atoms. The average molecular weight is 264 g/mol. The topological polar surface area (TPSA) is 59.6 Å². The van der Waals surface area contributed by atoms with Gasteiger partial charge in [0.05, 0.1) is 18.8 Å². The van der Waals surface area contributed by atoms with Gasteiger partial charge in [-0.1, -0.05) is 19.1 Å². The molecule has 2 rings (SSSR count). The lowest BCUT2D eigenvalue weighted by Gasteiger charge is -2.26. The van der Waals surface area contributed by atoms with Gasteiger partial charge in [-0.05, 0) is 18.1 Å². The first-order chi connectivity index (χ1) is 9.20. The van der Waals surface area contributed by atoms with Crippen molar-refractivity contribution < 1.29 is 14.3 Å². The van der Waals surface area contributed by atoms with E-state index in [1.54, 1.807) is 7.11 Å². The summed E-state index contributed by atoms with van der Waals surface area (Å²) in [6, 6.07) is 7.61. The lowest BCUT2D eigenvalue weighted by atomic mass is 10.2. The van der Waals surface area contributed by atoms with Gasteiger partial charge in [0, 0.05) is 13.7 Å². The van der Waals surface area contributed by atoms with Gasteiger partial charge in [-0.15, -0.1) is 0 Å². The Kier molecular flexibility index (Phi) is 4.63. The standard InChI is InChI=1S/C14H20N2O3/c1-10(9-18-2)7-16-14(17)13-8-15-11-5-3-4-6-12(11)19-13/h3-6,10,13,15H,7-9H2,1-2H3,(H,16,17). The SMILES string of the molecule is COCC(C)CNC(=O)C1CNc2ccccc2O1. The minimum Gasteiger partial charge on any atom is -0.477 e. The van der Waals surface area contributed by atoms with Crippen molar-refractivity contribution in [2.75, 3.05) is 32.1 Å². The number of benzene rings is 1. The van der Waals surface area contributed by atoms with Crippen LogP contribution in [0, 0.1) is 5.92 Å². The molecule has 1 aliphatic heterocycles. The number of anilines is 1. The van der Waals surface area contributed by atoms with Crippen molar-refractivity contribution in [1.29, 1.82) is 0 Å². The predicted molar refractivity (Wildman–Crippen MR) is 73.4 cm³/mol. The zero-order valence-electron chi connectivity index (χ0n) is 11.3. The highest BCUT2D eigenvalue weighted by Crippen LogP contribution is 2.28. The van der Waals surface area contributed by atoms with Gasteiger partial charge in [0.25, 0.3) is 5.91 Å². The van der Waals surface area contributed by atoms with Crippen LogP contribution in [0.25, 0.3) is 0 Å². The molecule has 0 spiro atoms. The van der Waals surface area contributed by atoms with E-state index < -0.39 is 6.10 Å². The molecule has 2 N–H and O–H groups in total. The molecule has 0 saturated carbocycles. The van der Waals surface area contributed by atoms with Gasteiger partial charge >= 0.3 is 0 Å². The quantitative estimate of drug-likeness (QED) is 0.840. The number of ether oxygens (including phenoxy) is 2. The minimum atomic E-state index is -0.482. The number of nitrogens with one attached hydrogen (secondary N) is 2. The van der Waals surface area contributed by atoms with Gasteiger partial charge in [0.1, 0.15) is 5.75 Å². The fraction of sp³-hybridized carbons (Fsp3) is 0.500. The largest absolute Gasteiger partial charge is 0.477 e. The zero-order chi connectivity index (χ0) is 13.7. The number of rotatable bonds is 5. The summed E-state index contributed by atoms with van der Waals surface area (Å²) >= 11 is 0. The van der Waals surface area contributed by atoms with Crippen LogP contribution < -0.4 is 15.4 Å². The number of carbonyl (C=O) groups excluding carboxylic acids is 1. The van der Waals surface area contributed by atoms with Crippen molar-refractivity contribution in [2.24, 2.45) is 5.92 Å². The Morgan fingerprint density at radius 2 is 2.37 bits per heavy atom. The molecular weight excluding hydrogens is 244 g/mol. The molecule has 1 heterocycles. The van der Waals surface area contributed by atoms with Gasteiger partial charge in [-0.2, -0.15) is 0 Å². The monoisotopic (exact) mass is 264 g/mol. The van der Waals surface area contributed by atoms with E-state index >= 15 is 0 Å². The van der Waals surface area contributed by atoms with Gasteiger partial charge in [-0.25, -0.2) is 0 Å². The highest BCUT2D eigenvalue weighted by Gasteiger charge is 2.25. The van der Waals surface area contributed by atoms with E-state index in [4.69, 9.17) is 9.47 Å². The molecule has 104 valence electrons. The fourth-order valence-corrected chi connectivity index (χ4v) is 1.99. The molecule has 0 radical (unpaired) electrons. The molecule has 0 saturated heterocycles. The first-order valence-electron chi connectivity index (χ1n) is 6.47. The van der Waals surface area contributed by atoms with Crippen LogP contribution in [0.3, 0.4) is 0 Å². The third-order valence-electron chi connectivity index (χ3n) is 3.00. The molecule has 19 heavy (non-hydrogen) atoms. The molecule has 1 aliphatic rings. The summed E-state index contributed by atoms with van der Waals surface area (Å²) in [4.78, 5) is 12.0. The average Bonchev–Trinajstić information content (AvgIpc) is 2.44. The van der Waals surface area contributed by atoms with E-state index in [-0.39, 0.29) is 11.8 Å². The van der Waals surface area contributed by atoms with Crippen molar-refractivity contribution >= 4 is 11.6 Å². The summed E-state index contributed by atoms with van der Waals surface area (Å²) in [5.41, 5.74) is 0.930. The Hall–Kier alpha value is -1.75. The summed E-state index contributed by atoms with van der Waals surface area (Å²) in [5, 5.41) is 6.08. The number of para-hydroxylation sites is 2. The first kappa shape index (κ1) is 13.7. The Bertz CT molecular complexity index is 436. The second-order valence-electron chi connectivity index (χ2n) is 4.79. The van der Waals surface area contributed by atoms with Crippen molar-refractivity contribution in [2.45, 2.75) is 13.0 Å².